The Bertz CT molecular complexity index is 809. The van der Waals surface area contributed by atoms with E-state index in [1.54, 1.807) is 25.3 Å². The van der Waals surface area contributed by atoms with Gasteiger partial charge in [-0.2, -0.15) is 5.10 Å². The molecule has 5 nitrogen and oxygen atoms in total. The Balaban J connectivity index is 2.15. The number of nitrogens with zero attached hydrogens (tertiary/aromatic N) is 1. The monoisotopic (exact) mass is 424 g/mol. The van der Waals surface area contributed by atoms with Crippen molar-refractivity contribution in [2.24, 2.45) is 5.10 Å². The van der Waals surface area contributed by atoms with Gasteiger partial charge in [-0.1, -0.05) is 17.7 Å². The van der Waals surface area contributed by atoms with Crippen molar-refractivity contribution in [1.29, 1.82) is 0 Å². The van der Waals surface area contributed by atoms with Gasteiger partial charge in [-0.05, 0) is 65.2 Å². The van der Waals surface area contributed by atoms with Gasteiger partial charge in [-0.15, -0.1) is 0 Å². The Morgan fingerprint density at radius 3 is 2.76 bits per heavy atom. The standard InChI is InChI=1S/C18H18BrClN2O3/c1-4-25-16-9-12(8-14(19)17(16)24-3)10-21-22-18(23)13-6-5-11(2)7-15(13)20/h5-10H,4H2,1-3H3,(H,22,23)/b21-10-. The molecule has 0 aliphatic carbocycles. The van der Waals surface area contributed by atoms with Crippen LogP contribution in [0.2, 0.25) is 5.02 Å². The minimum absolute atomic E-state index is 0.371. The van der Waals surface area contributed by atoms with Crippen molar-refractivity contribution in [3.8, 4) is 11.5 Å². The van der Waals surface area contributed by atoms with Crippen LogP contribution in [0.5, 0.6) is 11.5 Å². The van der Waals surface area contributed by atoms with Gasteiger partial charge in [0, 0.05) is 0 Å². The first kappa shape index (κ1) is 19.3. The summed E-state index contributed by atoms with van der Waals surface area (Å²) in [5.41, 5.74) is 4.56. The number of ether oxygens (including phenoxy) is 2. The smallest absolute Gasteiger partial charge is 0.272 e. The van der Waals surface area contributed by atoms with E-state index >= 15 is 0 Å². The quantitative estimate of drug-likeness (QED) is 0.544. The van der Waals surface area contributed by atoms with E-state index in [0.29, 0.717) is 28.7 Å². The molecular formula is C18H18BrClN2O3. The van der Waals surface area contributed by atoms with Gasteiger partial charge < -0.3 is 9.47 Å². The van der Waals surface area contributed by atoms with Crippen molar-refractivity contribution in [2.45, 2.75) is 13.8 Å². The number of hydrogen-bond acceptors (Lipinski definition) is 4. The number of hydrazone groups is 1. The fourth-order valence-electron chi connectivity index (χ4n) is 2.15. The van der Waals surface area contributed by atoms with E-state index in [1.165, 1.54) is 6.21 Å². The van der Waals surface area contributed by atoms with Gasteiger partial charge in [0.15, 0.2) is 11.5 Å². The number of rotatable bonds is 6. The highest BCUT2D eigenvalue weighted by Gasteiger charge is 2.11. The van der Waals surface area contributed by atoms with Crippen LogP contribution in [0.1, 0.15) is 28.4 Å². The molecule has 0 bridgehead atoms. The molecule has 0 atom stereocenters. The SMILES string of the molecule is CCOc1cc(/C=N\NC(=O)c2ccc(C)cc2Cl)cc(Br)c1OC. The molecule has 0 aliphatic heterocycles. The molecule has 25 heavy (non-hydrogen) atoms. The topological polar surface area (TPSA) is 59.9 Å². The number of hydrogen-bond donors (Lipinski definition) is 1. The summed E-state index contributed by atoms with van der Waals surface area (Å²) < 4.78 is 11.6. The van der Waals surface area contributed by atoms with Crippen molar-refractivity contribution in [3.05, 3.63) is 56.5 Å². The fraction of sp³-hybridized carbons (Fsp3) is 0.222. The summed E-state index contributed by atoms with van der Waals surface area (Å²) in [6.07, 6.45) is 1.52. The number of methoxy groups -OCH3 is 1. The van der Waals surface area contributed by atoms with E-state index in [-0.39, 0.29) is 5.91 Å². The zero-order chi connectivity index (χ0) is 18.4. The molecule has 0 unspecified atom stereocenters. The Kier molecular flexibility index (Phi) is 6.84. The third kappa shape index (κ3) is 4.96. The Hall–Kier alpha value is -2.05. The van der Waals surface area contributed by atoms with Gasteiger partial charge in [0.2, 0.25) is 0 Å². The van der Waals surface area contributed by atoms with Crippen molar-refractivity contribution in [3.63, 3.8) is 0 Å². The molecule has 2 rings (SSSR count). The highest BCUT2D eigenvalue weighted by molar-refractivity contribution is 9.10. The molecule has 0 aromatic heterocycles. The first-order chi connectivity index (χ1) is 12.0. The molecule has 0 aliphatic rings. The van der Waals surface area contributed by atoms with Gasteiger partial charge in [-0.3, -0.25) is 4.79 Å². The van der Waals surface area contributed by atoms with Crippen LogP contribution in [0.4, 0.5) is 0 Å². The molecule has 2 aromatic rings. The predicted molar refractivity (Wildman–Crippen MR) is 103 cm³/mol. The summed E-state index contributed by atoms with van der Waals surface area (Å²) in [5.74, 6) is 0.821. The van der Waals surface area contributed by atoms with Crippen LogP contribution in [-0.2, 0) is 0 Å². The summed E-state index contributed by atoms with van der Waals surface area (Å²) in [6, 6.07) is 8.81. The second kappa shape index (κ2) is 8.87. The third-order valence-electron chi connectivity index (χ3n) is 3.28. The second-order valence-corrected chi connectivity index (χ2v) is 6.41. The zero-order valence-electron chi connectivity index (χ0n) is 14.1. The highest BCUT2D eigenvalue weighted by Crippen LogP contribution is 2.36. The second-order valence-electron chi connectivity index (χ2n) is 5.15. The van der Waals surface area contributed by atoms with Crippen LogP contribution in [0, 0.1) is 6.92 Å². The molecule has 7 heteroatoms. The first-order valence-corrected chi connectivity index (χ1v) is 8.73. The molecule has 0 fully saturated rings. The largest absolute Gasteiger partial charge is 0.492 e. The molecule has 0 heterocycles. The minimum Gasteiger partial charge on any atom is -0.492 e. The van der Waals surface area contributed by atoms with Crippen molar-refractivity contribution >= 4 is 39.7 Å². The average Bonchev–Trinajstić information content (AvgIpc) is 2.55. The summed E-state index contributed by atoms with van der Waals surface area (Å²) in [5, 5.41) is 4.37. The van der Waals surface area contributed by atoms with Gasteiger partial charge >= 0.3 is 0 Å². The number of amides is 1. The van der Waals surface area contributed by atoms with Crippen LogP contribution < -0.4 is 14.9 Å². The molecule has 0 saturated carbocycles. The van der Waals surface area contributed by atoms with E-state index in [4.69, 9.17) is 21.1 Å². The van der Waals surface area contributed by atoms with E-state index in [0.717, 1.165) is 15.6 Å². The zero-order valence-corrected chi connectivity index (χ0v) is 16.4. The van der Waals surface area contributed by atoms with Gasteiger partial charge in [0.25, 0.3) is 5.91 Å². The molecule has 1 N–H and O–H groups in total. The lowest BCUT2D eigenvalue weighted by Crippen LogP contribution is -2.18. The lowest BCUT2D eigenvalue weighted by molar-refractivity contribution is 0.0955. The minimum atomic E-state index is -0.376. The molecule has 1 amide bonds. The predicted octanol–water partition coefficient (Wildman–Crippen LogP) is 4.58. The fourth-order valence-corrected chi connectivity index (χ4v) is 3.10. The van der Waals surface area contributed by atoms with Crippen LogP contribution in [0.15, 0.2) is 39.9 Å². The molecular weight excluding hydrogens is 408 g/mol. The van der Waals surface area contributed by atoms with Crippen LogP contribution >= 0.6 is 27.5 Å². The third-order valence-corrected chi connectivity index (χ3v) is 4.19. The van der Waals surface area contributed by atoms with Gasteiger partial charge in [0.05, 0.1) is 35.0 Å². The van der Waals surface area contributed by atoms with Crippen molar-refractivity contribution in [2.75, 3.05) is 13.7 Å². The molecule has 0 spiro atoms. The molecule has 0 radical (unpaired) electrons. The number of aryl methyl sites for hydroxylation is 1. The molecule has 0 saturated heterocycles. The Labute approximate surface area is 160 Å². The van der Waals surface area contributed by atoms with E-state index in [1.807, 2.05) is 26.0 Å². The maximum Gasteiger partial charge on any atom is 0.272 e. The average molecular weight is 426 g/mol. The first-order valence-electron chi connectivity index (χ1n) is 7.56. The summed E-state index contributed by atoms with van der Waals surface area (Å²) >= 11 is 9.51. The molecule has 132 valence electrons. The maximum atomic E-state index is 12.1. The number of carbonyl (C=O) groups is 1. The molecule has 2 aromatic carbocycles. The van der Waals surface area contributed by atoms with Crippen molar-refractivity contribution in [1.82, 2.24) is 5.43 Å². The van der Waals surface area contributed by atoms with E-state index in [9.17, 15) is 4.79 Å². The van der Waals surface area contributed by atoms with Crippen LogP contribution in [0.3, 0.4) is 0 Å². The summed E-state index contributed by atoms with van der Waals surface area (Å²) in [7, 11) is 1.57. The van der Waals surface area contributed by atoms with Gasteiger partial charge in [-0.25, -0.2) is 5.43 Å². The maximum absolute atomic E-state index is 12.1. The summed E-state index contributed by atoms with van der Waals surface area (Å²) in [6.45, 7) is 4.30. The van der Waals surface area contributed by atoms with Crippen LogP contribution in [-0.4, -0.2) is 25.8 Å². The number of carbonyl (C=O) groups excluding carboxylic acids is 1. The van der Waals surface area contributed by atoms with Gasteiger partial charge in [0.1, 0.15) is 0 Å². The van der Waals surface area contributed by atoms with E-state index in [2.05, 4.69) is 26.5 Å². The normalized spacial score (nSPS) is 10.8. The number of nitrogens with one attached hydrogen (secondary N) is 1. The number of halogens is 2. The van der Waals surface area contributed by atoms with Crippen LogP contribution in [0.25, 0.3) is 0 Å². The van der Waals surface area contributed by atoms with E-state index < -0.39 is 0 Å². The summed E-state index contributed by atoms with van der Waals surface area (Å²) in [4.78, 5) is 12.1. The van der Waals surface area contributed by atoms with Crippen molar-refractivity contribution < 1.29 is 14.3 Å². The highest BCUT2D eigenvalue weighted by atomic mass is 79.9. The Morgan fingerprint density at radius 2 is 2.12 bits per heavy atom. The lowest BCUT2D eigenvalue weighted by atomic mass is 10.1. The Morgan fingerprint density at radius 1 is 1.36 bits per heavy atom. The lowest BCUT2D eigenvalue weighted by Gasteiger charge is -2.11. The number of benzene rings is 2.